The minimum Gasteiger partial charge on any atom is -0.462 e. The summed E-state index contributed by atoms with van der Waals surface area (Å²) in [4.78, 5) is 25.6. The summed E-state index contributed by atoms with van der Waals surface area (Å²) in [6.07, 6.45) is 20.1. The molecule has 7 N–H and O–H groups in total. The van der Waals surface area contributed by atoms with Crippen LogP contribution in [0.5, 0.6) is 0 Å². The summed E-state index contributed by atoms with van der Waals surface area (Å²) in [6.45, 7) is 2.40. The number of esters is 2. The lowest BCUT2D eigenvalue weighted by Gasteiger charge is -2.42. The Hall–Kier alpha value is -2.54. The first-order valence-corrected chi connectivity index (χ1v) is 23.7. The number of hydrogen-bond donors (Lipinski definition) is 7. The predicted octanol–water partition coefficient (Wildman–Crippen LogP) is 5.54. The Labute approximate surface area is 376 Å². The van der Waals surface area contributed by atoms with E-state index in [1.807, 2.05) is 0 Å². The van der Waals surface area contributed by atoms with Crippen molar-refractivity contribution in [3.63, 3.8) is 0 Å². The molecule has 0 bridgehead atoms. The molecule has 364 valence electrons. The third-order valence-corrected chi connectivity index (χ3v) is 11.0. The number of aliphatic hydroxyl groups is 7. The highest BCUT2D eigenvalue weighted by atomic mass is 16.7. The van der Waals surface area contributed by atoms with Gasteiger partial charge >= 0.3 is 11.9 Å². The molecule has 0 amide bonds. The molecule has 2 rings (SSSR count). The van der Waals surface area contributed by atoms with E-state index in [9.17, 15) is 45.3 Å². The van der Waals surface area contributed by atoms with E-state index in [1.54, 1.807) is 0 Å². The number of unbranched alkanes of at least 4 members (excludes halogenated alkanes) is 13. The zero-order valence-corrected chi connectivity index (χ0v) is 38.0. The molecule has 11 atom stereocenters. The van der Waals surface area contributed by atoms with Gasteiger partial charge in [0, 0.05) is 12.8 Å². The molecule has 2 aliphatic heterocycles. The monoisotopic (exact) mass is 899 g/mol. The van der Waals surface area contributed by atoms with E-state index in [4.69, 9.17) is 28.4 Å². The zero-order valence-electron chi connectivity index (χ0n) is 38.0. The van der Waals surface area contributed by atoms with Crippen LogP contribution in [0.3, 0.4) is 0 Å². The molecule has 11 unspecified atom stereocenters. The van der Waals surface area contributed by atoms with Gasteiger partial charge < -0.3 is 64.2 Å². The molecule has 63 heavy (non-hydrogen) atoms. The van der Waals surface area contributed by atoms with Gasteiger partial charge in [0.2, 0.25) is 0 Å². The van der Waals surface area contributed by atoms with Crippen LogP contribution < -0.4 is 0 Å². The molecule has 2 saturated heterocycles. The van der Waals surface area contributed by atoms with Gasteiger partial charge in [-0.05, 0) is 70.6 Å². The maximum Gasteiger partial charge on any atom is 0.306 e. The second-order valence-electron chi connectivity index (χ2n) is 16.5. The maximum atomic E-state index is 12.9. The Morgan fingerprint density at radius 2 is 1.00 bits per heavy atom. The molecule has 2 heterocycles. The van der Waals surface area contributed by atoms with Crippen molar-refractivity contribution in [1.29, 1.82) is 0 Å². The molecule has 0 saturated carbocycles. The van der Waals surface area contributed by atoms with Gasteiger partial charge in [-0.1, -0.05) is 114 Å². The maximum absolute atomic E-state index is 12.9. The summed E-state index contributed by atoms with van der Waals surface area (Å²) >= 11 is 0. The molecule has 15 nitrogen and oxygen atoms in total. The topological polar surface area (TPSA) is 231 Å². The van der Waals surface area contributed by atoms with E-state index >= 15 is 0 Å². The average molecular weight is 899 g/mol. The summed E-state index contributed by atoms with van der Waals surface area (Å²) in [5.41, 5.74) is 0. The average Bonchev–Trinajstić information content (AvgIpc) is 3.28. The minimum absolute atomic E-state index is 0.142. The number of hydrogen-bond acceptors (Lipinski definition) is 15. The number of ether oxygens (including phenoxy) is 6. The third kappa shape index (κ3) is 24.5. The van der Waals surface area contributed by atoms with Gasteiger partial charge in [0.25, 0.3) is 0 Å². The van der Waals surface area contributed by atoms with E-state index in [0.29, 0.717) is 12.8 Å². The van der Waals surface area contributed by atoms with Crippen molar-refractivity contribution in [2.24, 2.45) is 0 Å². The van der Waals surface area contributed by atoms with Crippen molar-refractivity contribution in [2.45, 2.75) is 216 Å². The molecule has 0 aromatic heterocycles. The normalized spacial score (nSPS) is 27.3. The minimum atomic E-state index is -1.77. The first kappa shape index (κ1) is 56.6. The molecule has 0 aliphatic carbocycles. The number of rotatable bonds is 35. The number of carbonyl (C=O) groups excluding carboxylic acids is 2. The lowest BCUT2D eigenvalue weighted by atomic mass is 9.98. The third-order valence-electron chi connectivity index (χ3n) is 11.0. The highest BCUT2D eigenvalue weighted by Crippen LogP contribution is 2.26. The zero-order chi connectivity index (χ0) is 46.1. The largest absolute Gasteiger partial charge is 0.462 e. The van der Waals surface area contributed by atoms with Crippen LogP contribution in [0.4, 0.5) is 0 Å². The van der Waals surface area contributed by atoms with Crippen LogP contribution >= 0.6 is 0 Å². The quantitative estimate of drug-likeness (QED) is 0.0235. The number of allylic oxidation sites excluding steroid dienone is 8. The number of aliphatic hydroxyl groups excluding tert-OH is 7. The Bertz CT molecular complexity index is 1290. The van der Waals surface area contributed by atoms with Crippen molar-refractivity contribution in [2.75, 3.05) is 26.4 Å². The fourth-order valence-electron chi connectivity index (χ4n) is 7.11. The van der Waals surface area contributed by atoms with Crippen LogP contribution in [-0.4, -0.2) is 142 Å². The standard InChI is InChI=1S/C48H82O15/c1-3-5-7-9-11-13-15-17-18-19-21-23-25-27-29-31-40(51)61-36(33-58-39(50)30-28-26-24-22-20-16-14-12-10-8-6-4-2)34-59-47-46(57)44(55)42(53)38(63-47)35-60-48-45(56)43(54)41(52)37(32-49)62-48/h5,7,11-14,17-18,36-38,41-49,52-57H,3-4,6,8-10,15-16,19-35H2,1-2H3/b7-5-,13-11-,14-12-,18-17-. The highest BCUT2D eigenvalue weighted by Gasteiger charge is 2.47. The van der Waals surface area contributed by atoms with Gasteiger partial charge in [-0.25, -0.2) is 0 Å². The Balaban J connectivity index is 1.86. The first-order chi connectivity index (χ1) is 30.5. The smallest absolute Gasteiger partial charge is 0.306 e. The molecule has 0 aromatic carbocycles. The van der Waals surface area contributed by atoms with Crippen LogP contribution in [0.2, 0.25) is 0 Å². The van der Waals surface area contributed by atoms with E-state index in [2.05, 4.69) is 62.5 Å². The van der Waals surface area contributed by atoms with Gasteiger partial charge in [-0.2, -0.15) is 0 Å². The first-order valence-electron chi connectivity index (χ1n) is 23.7. The lowest BCUT2D eigenvalue weighted by molar-refractivity contribution is -0.332. The van der Waals surface area contributed by atoms with Gasteiger partial charge in [-0.15, -0.1) is 0 Å². The van der Waals surface area contributed by atoms with Crippen molar-refractivity contribution in [1.82, 2.24) is 0 Å². The summed E-state index contributed by atoms with van der Waals surface area (Å²) in [5.74, 6) is -0.960. The second-order valence-corrected chi connectivity index (χ2v) is 16.5. The fraction of sp³-hybridized carbons (Fsp3) is 0.792. The highest BCUT2D eigenvalue weighted by molar-refractivity contribution is 5.70. The van der Waals surface area contributed by atoms with Crippen molar-refractivity contribution >= 4 is 11.9 Å². The van der Waals surface area contributed by atoms with Crippen molar-refractivity contribution in [3.05, 3.63) is 48.6 Å². The summed E-state index contributed by atoms with van der Waals surface area (Å²) in [6, 6.07) is 0. The molecule has 0 radical (unpaired) electrons. The van der Waals surface area contributed by atoms with Gasteiger partial charge in [0.15, 0.2) is 18.7 Å². The molecule has 15 heteroatoms. The lowest BCUT2D eigenvalue weighted by Crippen LogP contribution is -2.61. The predicted molar refractivity (Wildman–Crippen MR) is 238 cm³/mol. The molecular formula is C48H82O15. The van der Waals surface area contributed by atoms with Crippen molar-refractivity contribution < 1.29 is 73.8 Å². The fourth-order valence-corrected chi connectivity index (χ4v) is 7.11. The molecule has 2 aliphatic rings. The van der Waals surface area contributed by atoms with E-state index in [1.165, 1.54) is 19.3 Å². The van der Waals surface area contributed by atoms with Gasteiger partial charge in [-0.3, -0.25) is 9.59 Å². The van der Waals surface area contributed by atoms with Crippen LogP contribution in [0, 0.1) is 0 Å². The van der Waals surface area contributed by atoms with Crippen molar-refractivity contribution in [3.8, 4) is 0 Å². The van der Waals surface area contributed by atoms with E-state index < -0.39 is 99.3 Å². The Kier molecular flexibility index (Phi) is 32.1. The SMILES string of the molecule is CC/C=C\C/C=C\C/C=C\CCCCCCCC(=O)OC(COC(=O)CCCCCCC/C=C\CCCCC)COC1OC(COC2OC(CO)C(O)C(O)C2O)C(O)C(O)C1O. The molecule has 2 fully saturated rings. The van der Waals surface area contributed by atoms with Crippen LogP contribution in [0.25, 0.3) is 0 Å². The van der Waals surface area contributed by atoms with Crippen LogP contribution in [0.1, 0.15) is 149 Å². The molecule has 0 aromatic rings. The molecular weight excluding hydrogens is 817 g/mol. The van der Waals surface area contributed by atoms with Gasteiger partial charge in [0.1, 0.15) is 55.4 Å². The van der Waals surface area contributed by atoms with E-state index in [0.717, 1.165) is 89.9 Å². The molecule has 0 spiro atoms. The number of carbonyl (C=O) groups is 2. The summed E-state index contributed by atoms with van der Waals surface area (Å²) in [5, 5.41) is 71.9. The van der Waals surface area contributed by atoms with Crippen LogP contribution in [0.15, 0.2) is 48.6 Å². The Morgan fingerprint density at radius 3 is 1.59 bits per heavy atom. The Morgan fingerprint density at radius 1 is 0.524 bits per heavy atom. The second kappa shape index (κ2) is 35.7. The summed E-state index contributed by atoms with van der Waals surface area (Å²) < 4.78 is 33.5. The van der Waals surface area contributed by atoms with Crippen LogP contribution in [-0.2, 0) is 38.0 Å². The van der Waals surface area contributed by atoms with Gasteiger partial charge in [0.05, 0.1) is 19.8 Å². The van der Waals surface area contributed by atoms with E-state index in [-0.39, 0.29) is 19.4 Å². The summed E-state index contributed by atoms with van der Waals surface area (Å²) in [7, 11) is 0.